The van der Waals surface area contributed by atoms with Crippen molar-refractivity contribution in [2.24, 2.45) is 0 Å². The molecule has 25 heavy (non-hydrogen) atoms. The molecule has 2 heterocycles. The Morgan fingerprint density at radius 2 is 1.88 bits per heavy atom. The van der Waals surface area contributed by atoms with Gasteiger partial charge in [0.1, 0.15) is 5.65 Å². The van der Waals surface area contributed by atoms with Crippen LogP contribution in [-0.2, 0) is 16.6 Å². The average molecular weight is 361 g/mol. The van der Waals surface area contributed by atoms with Gasteiger partial charge in [-0.3, -0.25) is 0 Å². The predicted molar refractivity (Wildman–Crippen MR) is 93.5 cm³/mol. The summed E-state index contributed by atoms with van der Waals surface area (Å²) >= 11 is 0. The number of nitrogens with zero attached hydrogens (tertiary/aromatic N) is 2. The maximum absolute atomic E-state index is 12.6. The molecular weight excluding hydrogens is 342 g/mol. The maximum Gasteiger partial charge on any atom is 0.241 e. The lowest BCUT2D eigenvalue weighted by atomic mass is 10.3. The van der Waals surface area contributed by atoms with E-state index in [2.05, 4.69) is 9.71 Å². The summed E-state index contributed by atoms with van der Waals surface area (Å²) in [5, 5.41) is 0. The van der Waals surface area contributed by atoms with Gasteiger partial charge in [-0.1, -0.05) is 6.07 Å². The zero-order valence-electron chi connectivity index (χ0n) is 14.2. The third-order valence-electron chi connectivity index (χ3n) is 3.92. The summed E-state index contributed by atoms with van der Waals surface area (Å²) in [7, 11) is -0.746. The highest BCUT2D eigenvalue weighted by molar-refractivity contribution is 7.89. The van der Waals surface area contributed by atoms with E-state index in [0.717, 1.165) is 17.0 Å². The molecular formula is C17H19N3O4S. The molecule has 0 spiro atoms. The van der Waals surface area contributed by atoms with Crippen LogP contribution in [0.5, 0.6) is 11.5 Å². The highest BCUT2D eigenvalue weighted by atomic mass is 32.2. The van der Waals surface area contributed by atoms with Crippen molar-refractivity contribution in [1.29, 1.82) is 0 Å². The Bertz CT molecular complexity index is 1010. The molecule has 0 fully saturated rings. The van der Waals surface area contributed by atoms with E-state index < -0.39 is 10.0 Å². The van der Waals surface area contributed by atoms with E-state index in [-0.39, 0.29) is 11.4 Å². The molecule has 0 radical (unpaired) electrons. The molecule has 132 valence electrons. The van der Waals surface area contributed by atoms with Gasteiger partial charge < -0.3 is 13.9 Å². The number of methoxy groups -OCH3 is 2. The Morgan fingerprint density at radius 1 is 1.12 bits per heavy atom. The molecule has 2 aromatic heterocycles. The van der Waals surface area contributed by atoms with Crippen molar-refractivity contribution in [2.45, 2.75) is 18.4 Å². The second-order valence-corrected chi connectivity index (χ2v) is 7.18. The molecule has 3 rings (SSSR count). The van der Waals surface area contributed by atoms with Crippen LogP contribution in [0.1, 0.15) is 11.4 Å². The molecule has 0 aliphatic heterocycles. The van der Waals surface area contributed by atoms with Gasteiger partial charge in [-0.25, -0.2) is 18.1 Å². The van der Waals surface area contributed by atoms with Gasteiger partial charge in [-0.15, -0.1) is 0 Å². The van der Waals surface area contributed by atoms with Crippen LogP contribution in [0.15, 0.2) is 47.5 Å². The largest absolute Gasteiger partial charge is 0.493 e. The maximum atomic E-state index is 12.6. The fourth-order valence-corrected chi connectivity index (χ4v) is 3.61. The summed E-state index contributed by atoms with van der Waals surface area (Å²) in [6.45, 7) is 1.99. The molecule has 1 N–H and O–H groups in total. The molecule has 1 aromatic carbocycles. The van der Waals surface area contributed by atoms with E-state index in [1.165, 1.54) is 26.4 Å². The van der Waals surface area contributed by atoms with E-state index in [1.54, 1.807) is 6.07 Å². The first kappa shape index (κ1) is 17.2. The zero-order valence-corrected chi connectivity index (χ0v) is 15.0. The quantitative estimate of drug-likeness (QED) is 0.727. The van der Waals surface area contributed by atoms with Crippen LogP contribution < -0.4 is 14.2 Å². The van der Waals surface area contributed by atoms with Crippen molar-refractivity contribution in [3.8, 4) is 11.5 Å². The van der Waals surface area contributed by atoms with Gasteiger partial charge in [0, 0.05) is 12.3 Å². The summed E-state index contributed by atoms with van der Waals surface area (Å²) in [5.74, 6) is 0.829. The molecule has 0 saturated carbocycles. The lowest BCUT2D eigenvalue weighted by Crippen LogP contribution is -2.24. The van der Waals surface area contributed by atoms with Crippen molar-refractivity contribution in [3.63, 3.8) is 0 Å². The van der Waals surface area contributed by atoms with Crippen LogP contribution in [-0.4, -0.2) is 32.0 Å². The number of nitrogens with one attached hydrogen (secondary N) is 1. The standard InChI is InChI=1S/C17H19N3O4S/c1-12-14(20-9-5-4-6-17(20)19-12)11-18-25(21,22)13-7-8-15(23-2)16(10-13)24-3/h4-10,18H,11H2,1-3H3. The number of sulfonamides is 1. The summed E-state index contributed by atoms with van der Waals surface area (Å²) in [6.07, 6.45) is 1.86. The number of aromatic nitrogens is 2. The average Bonchev–Trinajstić information content (AvgIpc) is 2.94. The summed E-state index contributed by atoms with van der Waals surface area (Å²) < 4.78 is 40.0. The predicted octanol–water partition coefficient (Wildman–Crippen LogP) is 2.14. The summed E-state index contributed by atoms with van der Waals surface area (Å²) in [6, 6.07) is 10.1. The number of ether oxygens (including phenoxy) is 2. The van der Waals surface area contributed by atoms with Crippen molar-refractivity contribution < 1.29 is 17.9 Å². The van der Waals surface area contributed by atoms with Gasteiger partial charge in [-0.2, -0.15) is 0 Å². The minimum absolute atomic E-state index is 0.108. The number of pyridine rings is 1. The van der Waals surface area contributed by atoms with Crippen molar-refractivity contribution in [2.75, 3.05) is 14.2 Å². The Hall–Kier alpha value is -2.58. The van der Waals surface area contributed by atoms with Gasteiger partial charge in [0.05, 0.1) is 37.0 Å². The Balaban J connectivity index is 1.88. The van der Waals surface area contributed by atoms with Crippen LogP contribution in [0, 0.1) is 6.92 Å². The molecule has 7 nitrogen and oxygen atoms in total. The number of benzene rings is 1. The number of rotatable bonds is 6. The minimum atomic E-state index is -3.71. The van der Waals surface area contributed by atoms with E-state index >= 15 is 0 Å². The Kier molecular flexibility index (Phi) is 4.65. The monoisotopic (exact) mass is 361 g/mol. The van der Waals surface area contributed by atoms with Gasteiger partial charge in [0.15, 0.2) is 11.5 Å². The van der Waals surface area contributed by atoms with Crippen LogP contribution in [0.25, 0.3) is 5.65 Å². The number of fused-ring (bicyclic) bond motifs is 1. The topological polar surface area (TPSA) is 81.9 Å². The van der Waals surface area contributed by atoms with E-state index in [4.69, 9.17) is 9.47 Å². The van der Waals surface area contributed by atoms with Crippen molar-refractivity contribution >= 4 is 15.7 Å². The number of hydrogen-bond donors (Lipinski definition) is 1. The van der Waals surface area contributed by atoms with E-state index in [9.17, 15) is 8.42 Å². The highest BCUT2D eigenvalue weighted by Gasteiger charge is 2.18. The van der Waals surface area contributed by atoms with E-state index in [0.29, 0.717) is 11.5 Å². The molecule has 0 unspecified atom stereocenters. The van der Waals surface area contributed by atoms with Crippen LogP contribution >= 0.6 is 0 Å². The first-order valence-electron chi connectivity index (χ1n) is 7.60. The van der Waals surface area contributed by atoms with Gasteiger partial charge in [0.25, 0.3) is 0 Å². The van der Waals surface area contributed by atoms with Crippen LogP contribution in [0.2, 0.25) is 0 Å². The fourth-order valence-electron chi connectivity index (χ4n) is 2.61. The minimum Gasteiger partial charge on any atom is -0.493 e. The van der Waals surface area contributed by atoms with Gasteiger partial charge >= 0.3 is 0 Å². The fraction of sp³-hybridized carbons (Fsp3) is 0.235. The van der Waals surface area contributed by atoms with Crippen molar-refractivity contribution in [1.82, 2.24) is 14.1 Å². The SMILES string of the molecule is COc1ccc(S(=O)(=O)NCc2c(C)nc3ccccn23)cc1OC. The summed E-state index contributed by atoms with van der Waals surface area (Å²) in [5.41, 5.74) is 2.35. The molecule has 0 aliphatic rings. The number of imidazole rings is 1. The molecule has 0 saturated heterocycles. The molecule has 3 aromatic rings. The van der Waals surface area contributed by atoms with Crippen molar-refractivity contribution in [3.05, 3.63) is 54.0 Å². The van der Waals surface area contributed by atoms with Gasteiger partial charge in [0.2, 0.25) is 10.0 Å². The first-order chi connectivity index (χ1) is 12.0. The molecule has 0 bridgehead atoms. The lowest BCUT2D eigenvalue weighted by molar-refractivity contribution is 0.354. The third kappa shape index (κ3) is 3.31. The van der Waals surface area contributed by atoms with Crippen LogP contribution in [0.3, 0.4) is 0 Å². The molecule has 8 heteroatoms. The molecule has 0 aliphatic carbocycles. The number of aryl methyl sites for hydroxylation is 1. The Morgan fingerprint density at radius 3 is 2.60 bits per heavy atom. The second kappa shape index (κ2) is 6.73. The normalized spacial score (nSPS) is 11.6. The zero-order chi connectivity index (χ0) is 18.0. The summed E-state index contributed by atoms with van der Waals surface area (Å²) in [4.78, 5) is 4.54. The van der Waals surface area contributed by atoms with E-state index in [1.807, 2.05) is 35.7 Å². The third-order valence-corrected chi connectivity index (χ3v) is 5.32. The van der Waals surface area contributed by atoms with Crippen LogP contribution in [0.4, 0.5) is 0 Å². The molecule has 0 amide bonds. The molecule has 0 atom stereocenters. The van der Waals surface area contributed by atoms with Gasteiger partial charge in [-0.05, 0) is 31.2 Å². The first-order valence-corrected chi connectivity index (χ1v) is 9.09. The smallest absolute Gasteiger partial charge is 0.241 e. The lowest BCUT2D eigenvalue weighted by Gasteiger charge is -2.11. The highest BCUT2D eigenvalue weighted by Crippen LogP contribution is 2.29. The second-order valence-electron chi connectivity index (χ2n) is 5.41. The Labute approximate surface area is 146 Å². The number of hydrogen-bond acceptors (Lipinski definition) is 5.